The summed E-state index contributed by atoms with van der Waals surface area (Å²) in [5.74, 6) is -3.93. The van der Waals surface area contributed by atoms with E-state index in [1.165, 1.54) is 42.5 Å². The van der Waals surface area contributed by atoms with Gasteiger partial charge in [0.25, 0.3) is 0 Å². The Balaban J connectivity index is 1.95. The van der Waals surface area contributed by atoms with Crippen molar-refractivity contribution < 1.29 is 54.9 Å². The summed E-state index contributed by atoms with van der Waals surface area (Å²) in [5.41, 5.74) is 0.170. The van der Waals surface area contributed by atoms with Gasteiger partial charge in [-0.05, 0) is 35.9 Å². The molecule has 0 amide bonds. The number of thiophene rings is 1. The van der Waals surface area contributed by atoms with Gasteiger partial charge in [0.15, 0.2) is 17.2 Å². The largest absolute Gasteiger partial charge is 0.573 e. The van der Waals surface area contributed by atoms with Crippen LogP contribution < -0.4 is 18.9 Å². The Kier molecular flexibility index (Phi) is 7.29. The van der Waals surface area contributed by atoms with E-state index in [0.29, 0.717) is 11.3 Å². The van der Waals surface area contributed by atoms with Crippen LogP contribution in [0.3, 0.4) is 0 Å². The molecule has 1 aromatic heterocycles. The van der Waals surface area contributed by atoms with E-state index in [0.717, 1.165) is 18.2 Å². The fourth-order valence-electron chi connectivity index (χ4n) is 3.58. The van der Waals surface area contributed by atoms with Gasteiger partial charge in [-0.3, -0.25) is 0 Å². The molecule has 39 heavy (non-hydrogen) atoms. The smallest absolute Gasteiger partial charge is 0.423 e. The van der Waals surface area contributed by atoms with Crippen molar-refractivity contribution in [3.63, 3.8) is 0 Å². The van der Waals surface area contributed by atoms with E-state index in [2.05, 4.69) is 22.6 Å². The molecule has 0 aliphatic heterocycles. The Bertz CT molecular complexity index is 1600. The third kappa shape index (κ3) is 6.14. The van der Waals surface area contributed by atoms with Crippen molar-refractivity contribution in [2.24, 2.45) is 0 Å². The van der Waals surface area contributed by atoms with Crippen molar-refractivity contribution in [3.8, 4) is 34.1 Å². The van der Waals surface area contributed by atoms with E-state index in [-0.39, 0.29) is 37.0 Å². The number of carbonyl (C=O) groups is 2. The zero-order valence-corrected chi connectivity index (χ0v) is 20.1. The van der Waals surface area contributed by atoms with Crippen molar-refractivity contribution in [3.05, 3.63) is 73.8 Å². The van der Waals surface area contributed by atoms with Gasteiger partial charge >= 0.3 is 24.7 Å². The molecule has 6 nitrogen and oxygen atoms in total. The van der Waals surface area contributed by atoms with Crippen LogP contribution in [-0.4, -0.2) is 24.7 Å². The van der Waals surface area contributed by atoms with Crippen LogP contribution in [0.5, 0.6) is 23.0 Å². The van der Waals surface area contributed by atoms with Gasteiger partial charge in [0, 0.05) is 28.5 Å². The minimum Gasteiger partial charge on any atom is -0.423 e. The maximum Gasteiger partial charge on any atom is 0.573 e. The maximum absolute atomic E-state index is 13.5. The first-order valence-electron chi connectivity index (χ1n) is 10.6. The molecule has 0 saturated carbocycles. The van der Waals surface area contributed by atoms with Gasteiger partial charge in [-0.2, -0.15) is 0 Å². The number of esters is 2. The number of carbonyl (C=O) groups excluding carboxylic acids is 2. The molecule has 13 heteroatoms. The topological polar surface area (TPSA) is 71.1 Å². The predicted molar refractivity (Wildman–Crippen MR) is 130 cm³/mol. The molecular weight excluding hydrogens is 554 g/mol. The lowest BCUT2D eigenvalue weighted by atomic mass is 10.0. The highest BCUT2D eigenvalue weighted by molar-refractivity contribution is 7.26. The lowest BCUT2D eigenvalue weighted by Gasteiger charge is -2.15. The van der Waals surface area contributed by atoms with E-state index in [9.17, 15) is 35.9 Å². The molecule has 3 aromatic carbocycles. The summed E-state index contributed by atoms with van der Waals surface area (Å²) < 4.78 is 98.1. The normalized spacial score (nSPS) is 11.7. The quantitative estimate of drug-likeness (QED) is 0.0985. The Hall–Kier alpha value is -4.52. The number of benzene rings is 3. The Morgan fingerprint density at radius 1 is 0.692 bits per heavy atom. The summed E-state index contributed by atoms with van der Waals surface area (Å²) in [7, 11) is 0. The van der Waals surface area contributed by atoms with Crippen LogP contribution in [0.15, 0.2) is 73.8 Å². The summed E-state index contributed by atoms with van der Waals surface area (Å²) in [6, 6.07) is 10.4. The van der Waals surface area contributed by atoms with Gasteiger partial charge in [-0.15, -0.1) is 37.7 Å². The van der Waals surface area contributed by atoms with Crippen molar-refractivity contribution in [2.45, 2.75) is 12.7 Å². The number of ether oxygens (including phenoxy) is 4. The first-order chi connectivity index (χ1) is 18.3. The summed E-state index contributed by atoms with van der Waals surface area (Å²) >= 11 is 0.521. The van der Waals surface area contributed by atoms with Crippen LogP contribution in [0.25, 0.3) is 31.3 Å². The highest BCUT2D eigenvalue weighted by Crippen LogP contribution is 2.51. The van der Waals surface area contributed by atoms with Crippen LogP contribution >= 0.6 is 11.3 Å². The van der Waals surface area contributed by atoms with Crippen LogP contribution in [0.4, 0.5) is 26.3 Å². The molecule has 0 N–H and O–H groups in total. The number of hydrogen-bond acceptors (Lipinski definition) is 7. The van der Waals surface area contributed by atoms with Gasteiger partial charge in [0.1, 0.15) is 5.75 Å². The van der Waals surface area contributed by atoms with Crippen LogP contribution in [0.2, 0.25) is 0 Å². The predicted octanol–water partition coefficient (Wildman–Crippen LogP) is 7.70. The zero-order chi connectivity index (χ0) is 28.5. The second-order valence-corrected chi connectivity index (χ2v) is 8.58. The summed E-state index contributed by atoms with van der Waals surface area (Å²) in [5, 5.41) is 0.223. The Morgan fingerprint density at radius 3 is 1.77 bits per heavy atom. The molecule has 0 atom stereocenters. The summed E-state index contributed by atoms with van der Waals surface area (Å²) in [6.45, 7) is 6.45. The van der Waals surface area contributed by atoms with E-state index in [1.54, 1.807) is 0 Å². The second-order valence-electron chi connectivity index (χ2n) is 7.56. The molecule has 0 spiro atoms. The molecule has 0 radical (unpaired) electrons. The number of halogens is 6. The van der Waals surface area contributed by atoms with Gasteiger partial charge in [0.2, 0.25) is 0 Å². The second kappa shape index (κ2) is 10.3. The zero-order valence-electron chi connectivity index (χ0n) is 19.3. The van der Waals surface area contributed by atoms with Gasteiger partial charge in [-0.1, -0.05) is 31.4 Å². The van der Waals surface area contributed by atoms with Crippen molar-refractivity contribution in [1.82, 2.24) is 0 Å². The van der Waals surface area contributed by atoms with Gasteiger partial charge in [0.05, 0.1) is 9.40 Å². The highest BCUT2D eigenvalue weighted by atomic mass is 32.1. The first kappa shape index (κ1) is 27.5. The molecule has 0 bridgehead atoms. The molecule has 4 rings (SSSR count). The van der Waals surface area contributed by atoms with Crippen molar-refractivity contribution in [1.29, 1.82) is 0 Å². The number of fused-ring (bicyclic) bond motifs is 3. The molecule has 4 aromatic rings. The van der Waals surface area contributed by atoms with Crippen molar-refractivity contribution in [2.75, 3.05) is 0 Å². The fourth-order valence-corrected chi connectivity index (χ4v) is 4.84. The number of alkyl halides is 6. The molecule has 0 aliphatic carbocycles. The third-order valence-electron chi connectivity index (χ3n) is 5.05. The maximum atomic E-state index is 13.5. The lowest BCUT2D eigenvalue weighted by molar-refractivity contribution is -0.275. The van der Waals surface area contributed by atoms with E-state index < -0.39 is 41.9 Å². The average molecular weight is 568 g/mol. The lowest BCUT2D eigenvalue weighted by Crippen LogP contribution is -2.18. The van der Waals surface area contributed by atoms with E-state index in [4.69, 9.17) is 9.47 Å². The Morgan fingerprint density at radius 2 is 1.21 bits per heavy atom. The molecule has 0 saturated heterocycles. The molecule has 202 valence electrons. The average Bonchev–Trinajstić information content (AvgIpc) is 3.24. The standard InChI is InChI=1S/C26H14F6O6S/c1-3-19(33)35-14-7-5-13(6-8-14)15-9-10-16-17-11-12-18(36-20(34)4-2)22(38-26(30,31)32)24(17)39-23(16)21(15)37-25(27,28)29/h3-12H,1-2H2. The van der Waals surface area contributed by atoms with Gasteiger partial charge in [-0.25, -0.2) is 9.59 Å². The fraction of sp³-hybridized carbons (Fsp3) is 0.0769. The summed E-state index contributed by atoms with van der Waals surface area (Å²) in [4.78, 5) is 23.1. The van der Waals surface area contributed by atoms with E-state index >= 15 is 0 Å². The number of hydrogen-bond donors (Lipinski definition) is 0. The Labute approximate surface area is 219 Å². The SMILES string of the molecule is C=CC(=O)Oc1ccc(-c2ccc3c(sc4c(OC(F)(F)F)c(OC(=O)C=C)ccc43)c2OC(F)(F)F)cc1. The molecule has 0 fully saturated rings. The molecule has 0 unspecified atom stereocenters. The van der Waals surface area contributed by atoms with E-state index in [1.807, 2.05) is 0 Å². The van der Waals surface area contributed by atoms with Gasteiger partial charge < -0.3 is 18.9 Å². The minimum absolute atomic E-state index is 0.0513. The molecule has 1 heterocycles. The minimum atomic E-state index is -5.22. The van der Waals surface area contributed by atoms with Crippen LogP contribution in [0, 0.1) is 0 Å². The molecular formula is C26H14F6O6S. The van der Waals surface area contributed by atoms with Crippen LogP contribution in [0.1, 0.15) is 0 Å². The number of rotatable bonds is 7. The molecule has 0 aliphatic rings. The highest BCUT2D eigenvalue weighted by Gasteiger charge is 2.36. The summed E-state index contributed by atoms with van der Waals surface area (Å²) in [6.07, 6.45) is -8.72. The first-order valence-corrected chi connectivity index (χ1v) is 11.4. The van der Waals surface area contributed by atoms with Crippen LogP contribution in [-0.2, 0) is 9.59 Å². The van der Waals surface area contributed by atoms with Crippen molar-refractivity contribution >= 4 is 43.4 Å². The monoisotopic (exact) mass is 568 g/mol. The third-order valence-corrected chi connectivity index (χ3v) is 6.26.